The van der Waals surface area contributed by atoms with E-state index in [1.165, 1.54) is 17.0 Å². The Kier molecular flexibility index (Phi) is 5.23. The highest BCUT2D eigenvalue weighted by Gasteiger charge is 2.34. The number of phenolic OH excluding ortho intramolecular Hbond substituents is 1. The van der Waals surface area contributed by atoms with Gasteiger partial charge in [0.1, 0.15) is 17.1 Å². The molecule has 0 bridgehead atoms. The maximum atomic E-state index is 12.9. The van der Waals surface area contributed by atoms with Crippen LogP contribution in [0.25, 0.3) is 6.08 Å². The molecule has 0 aromatic heterocycles. The number of phenols is 1. The summed E-state index contributed by atoms with van der Waals surface area (Å²) in [6.07, 6.45) is 1.47. The third-order valence-corrected chi connectivity index (χ3v) is 4.86. The van der Waals surface area contributed by atoms with Crippen LogP contribution in [-0.4, -0.2) is 29.1 Å². The minimum Gasteiger partial charge on any atom is -0.507 e. The average molecular weight is 480 g/mol. The van der Waals surface area contributed by atoms with Gasteiger partial charge in [-0.3, -0.25) is 19.8 Å². The first kappa shape index (κ1) is 18.3. The van der Waals surface area contributed by atoms with Crippen molar-refractivity contribution in [3.05, 3.63) is 57.2 Å². The van der Waals surface area contributed by atoms with Crippen LogP contribution < -0.4 is 15.0 Å². The number of amides is 2. The number of carbonyl (C=O) groups excluding carboxylic acids is 2. The van der Waals surface area contributed by atoms with E-state index in [0.717, 1.165) is 0 Å². The van der Waals surface area contributed by atoms with Crippen LogP contribution in [0.3, 0.4) is 0 Å². The van der Waals surface area contributed by atoms with E-state index in [4.69, 9.17) is 17.0 Å². The molecule has 0 atom stereocenters. The molecule has 2 aromatic carbocycles. The first-order valence-electron chi connectivity index (χ1n) is 7.44. The number of halogens is 1. The summed E-state index contributed by atoms with van der Waals surface area (Å²) in [7, 11) is 1.55. The molecule has 1 heterocycles. The summed E-state index contributed by atoms with van der Waals surface area (Å²) >= 11 is 7.13. The number of nitrogens with zero attached hydrogens (tertiary/aromatic N) is 1. The van der Waals surface area contributed by atoms with Crippen LogP contribution in [0.1, 0.15) is 5.56 Å². The second kappa shape index (κ2) is 7.42. The monoisotopic (exact) mass is 480 g/mol. The molecule has 0 spiro atoms. The van der Waals surface area contributed by atoms with Gasteiger partial charge in [0.25, 0.3) is 11.8 Å². The Morgan fingerprint density at radius 2 is 1.88 bits per heavy atom. The van der Waals surface area contributed by atoms with Gasteiger partial charge in [-0.2, -0.15) is 0 Å². The molecule has 1 aliphatic rings. The fraction of sp³-hybridized carbons (Fsp3) is 0.0556. The number of anilines is 1. The van der Waals surface area contributed by atoms with Gasteiger partial charge in [0.2, 0.25) is 0 Å². The molecule has 2 aromatic rings. The lowest BCUT2D eigenvalue weighted by Crippen LogP contribution is -2.54. The lowest BCUT2D eigenvalue weighted by atomic mass is 10.1. The van der Waals surface area contributed by atoms with E-state index < -0.39 is 11.8 Å². The molecule has 0 aliphatic carbocycles. The van der Waals surface area contributed by atoms with Crippen LogP contribution in [0.2, 0.25) is 0 Å². The van der Waals surface area contributed by atoms with Gasteiger partial charge >= 0.3 is 0 Å². The third-order valence-electron chi connectivity index (χ3n) is 3.72. The number of rotatable bonds is 3. The fourth-order valence-electron chi connectivity index (χ4n) is 2.40. The lowest BCUT2D eigenvalue weighted by Gasteiger charge is -2.29. The molecule has 0 saturated carbocycles. The second-order valence-electron chi connectivity index (χ2n) is 5.37. The minimum absolute atomic E-state index is 0.0163. The number of aromatic hydroxyl groups is 1. The van der Waals surface area contributed by atoms with Crippen molar-refractivity contribution in [3.8, 4) is 11.5 Å². The minimum atomic E-state index is -0.562. The Balaban J connectivity index is 1.99. The SMILES string of the molecule is COc1ccc(N2C(=O)/C(=C/c3ccc(O)c(I)c3)C(=O)NC2=S)cc1. The number of carbonyl (C=O) groups is 2. The smallest absolute Gasteiger partial charge is 0.270 e. The molecule has 1 aliphatic heterocycles. The fourth-order valence-corrected chi connectivity index (χ4v) is 3.22. The van der Waals surface area contributed by atoms with Gasteiger partial charge in [0.05, 0.1) is 16.4 Å². The summed E-state index contributed by atoms with van der Waals surface area (Å²) in [5, 5.41) is 12.2. The summed E-state index contributed by atoms with van der Waals surface area (Å²) in [6.45, 7) is 0. The molecule has 0 unspecified atom stereocenters. The van der Waals surface area contributed by atoms with Crippen molar-refractivity contribution in [1.82, 2.24) is 5.32 Å². The van der Waals surface area contributed by atoms with Gasteiger partial charge in [-0.15, -0.1) is 0 Å². The number of hydrogen-bond donors (Lipinski definition) is 2. The molecule has 3 rings (SSSR count). The van der Waals surface area contributed by atoms with E-state index in [1.54, 1.807) is 43.5 Å². The third kappa shape index (κ3) is 3.56. The van der Waals surface area contributed by atoms with Crippen molar-refractivity contribution in [1.29, 1.82) is 0 Å². The molecule has 0 radical (unpaired) electrons. The van der Waals surface area contributed by atoms with Crippen molar-refractivity contribution in [2.24, 2.45) is 0 Å². The van der Waals surface area contributed by atoms with Crippen LogP contribution in [0.4, 0.5) is 5.69 Å². The van der Waals surface area contributed by atoms with Gasteiger partial charge < -0.3 is 9.84 Å². The van der Waals surface area contributed by atoms with E-state index in [2.05, 4.69) is 5.32 Å². The zero-order valence-electron chi connectivity index (χ0n) is 13.5. The zero-order chi connectivity index (χ0) is 18.8. The Morgan fingerprint density at radius 1 is 1.19 bits per heavy atom. The summed E-state index contributed by atoms with van der Waals surface area (Å²) in [6, 6.07) is 11.6. The van der Waals surface area contributed by atoms with E-state index >= 15 is 0 Å². The van der Waals surface area contributed by atoms with E-state index in [0.29, 0.717) is 20.6 Å². The number of benzene rings is 2. The Labute approximate surface area is 168 Å². The van der Waals surface area contributed by atoms with Crippen molar-refractivity contribution < 1.29 is 19.4 Å². The summed E-state index contributed by atoms with van der Waals surface area (Å²) in [4.78, 5) is 26.4. The molecule has 2 amide bonds. The van der Waals surface area contributed by atoms with Gasteiger partial charge in [0, 0.05) is 0 Å². The summed E-state index contributed by atoms with van der Waals surface area (Å²) < 4.78 is 5.72. The quantitative estimate of drug-likeness (QED) is 0.306. The van der Waals surface area contributed by atoms with Crippen molar-refractivity contribution in [2.45, 2.75) is 0 Å². The van der Waals surface area contributed by atoms with E-state index in [1.807, 2.05) is 22.6 Å². The predicted molar refractivity (Wildman–Crippen MR) is 110 cm³/mol. The topological polar surface area (TPSA) is 78.9 Å². The molecule has 1 fully saturated rings. The van der Waals surface area contributed by atoms with E-state index in [-0.39, 0.29) is 16.4 Å². The molecule has 26 heavy (non-hydrogen) atoms. The highest BCUT2D eigenvalue weighted by Crippen LogP contribution is 2.26. The Morgan fingerprint density at radius 3 is 2.50 bits per heavy atom. The molecule has 1 saturated heterocycles. The van der Waals surface area contributed by atoms with Gasteiger partial charge in [0.15, 0.2) is 5.11 Å². The first-order chi connectivity index (χ1) is 12.4. The van der Waals surface area contributed by atoms with E-state index in [9.17, 15) is 14.7 Å². The van der Waals surface area contributed by atoms with Crippen LogP contribution in [-0.2, 0) is 9.59 Å². The normalized spacial score (nSPS) is 16.0. The molecule has 6 nitrogen and oxygen atoms in total. The summed E-state index contributed by atoms with van der Waals surface area (Å²) in [5.41, 5.74) is 1.09. The molecule has 2 N–H and O–H groups in total. The van der Waals surface area contributed by atoms with Crippen LogP contribution in [0.5, 0.6) is 11.5 Å². The molecular formula is C18H13IN2O4S. The van der Waals surface area contributed by atoms with Gasteiger partial charge in [-0.25, -0.2) is 0 Å². The Bertz CT molecular complexity index is 941. The first-order valence-corrected chi connectivity index (χ1v) is 8.93. The molecule has 132 valence electrons. The average Bonchev–Trinajstić information content (AvgIpc) is 2.62. The van der Waals surface area contributed by atoms with Gasteiger partial charge in [-0.1, -0.05) is 6.07 Å². The Hall–Kier alpha value is -2.46. The molecular weight excluding hydrogens is 467 g/mol. The number of nitrogens with one attached hydrogen (secondary N) is 1. The second-order valence-corrected chi connectivity index (χ2v) is 6.92. The van der Waals surface area contributed by atoms with Gasteiger partial charge in [-0.05, 0) is 82.8 Å². The highest BCUT2D eigenvalue weighted by atomic mass is 127. The summed E-state index contributed by atoms with van der Waals surface area (Å²) in [5.74, 6) is -0.310. The van der Waals surface area contributed by atoms with Crippen LogP contribution in [0, 0.1) is 3.57 Å². The van der Waals surface area contributed by atoms with Crippen molar-refractivity contribution in [3.63, 3.8) is 0 Å². The maximum absolute atomic E-state index is 12.9. The number of methoxy groups -OCH3 is 1. The standard InChI is InChI=1S/C18H13IN2O4S/c1-25-12-5-3-11(4-6-12)21-17(24)13(16(23)20-18(21)26)8-10-2-7-15(22)14(19)9-10/h2-9,22H,1H3,(H,20,23,26)/b13-8+. The van der Waals surface area contributed by atoms with Crippen molar-refractivity contribution >= 4 is 63.5 Å². The lowest BCUT2D eigenvalue weighted by molar-refractivity contribution is -0.122. The number of ether oxygens (including phenoxy) is 1. The maximum Gasteiger partial charge on any atom is 0.270 e. The zero-order valence-corrected chi connectivity index (χ0v) is 16.5. The number of thiocarbonyl (C=S) groups is 1. The molecule has 8 heteroatoms. The van der Waals surface area contributed by atoms with Crippen molar-refractivity contribution in [2.75, 3.05) is 12.0 Å². The van der Waals surface area contributed by atoms with Crippen LogP contribution in [0.15, 0.2) is 48.0 Å². The number of hydrogen-bond acceptors (Lipinski definition) is 5. The highest BCUT2D eigenvalue weighted by molar-refractivity contribution is 14.1. The predicted octanol–water partition coefficient (Wildman–Crippen LogP) is 2.84. The largest absolute Gasteiger partial charge is 0.507 e. The van der Waals surface area contributed by atoms with Crippen LogP contribution >= 0.6 is 34.8 Å².